The number of aryl methyl sites for hydroxylation is 2. The smallest absolute Gasteiger partial charge is 0.435 e. The molecule has 0 aliphatic heterocycles. The van der Waals surface area contributed by atoms with Crippen LogP contribution in [0.4, 0.5) is 13.2 Å². The van der Waals surface area contributed by atoms with Gasteiger partial charge in [0.25, 0.3) is 0 Å². The van der Waals surface area contributed by atoms with Crippen molar-refractivity contribution in [3.05, 3.63) is 51.8 Å². The standard InChI is InChI=1S/C16H14F3N3O2S/c1-10-6-13(23-9-11-4-3-5-25-11)20-14(7-10)24-15-8-12(16(17,18)19)21-22(15)2/h3-8H,9H2,1-2H3. The van der Waals surface area contributed by atoms with E-state index in [0.717, 1.165) is 21.2 Å². The van der Waals surface area contributed by atoms with Crippen LogP contribution in [0.2, 0.25) is 0 Å². The van der Waals surface area contributed by atoms with Gasteiger partial charge in [0.2, 0.25) is 17.6 Å². The molecule has 132 valence electrons. The molecule has 0 bridgehead atoms. The molecule has 0 unspecified atom stereocenters. The van der Waals surface area contributed by atoms with Crippen LogP contribution in [0.3, 0.4) is 0 Å². The molecular formula is C16H14F3N3O2S. The lowest BCUT2D eigenvalue weighted by Crippen LogP contribution is -2.06. The van der Waals surface area contributed by atoms with Crippen LogP contribution in [0, 0.1) is 6.92 Å². The van der Waals surface area contributed by atoms with Gasteiger partial charge in [0.05, 0.1) is 0 Å². The molecule has 0 spiro atoms. The number of thiophene rings is 1. The normalized spacial score (nSPS) is 11.6. The number of halogens is 3. The minimum atomic E-state index is -4.53. The van der Waals surface area contributed by atoms with Crippen LogP contribution in [-0.4, -0.2) is 14.8 Å². The van der Waals surface area contributed by atoms with Crippen molar-refractivity contribution in [2.75, 3.05) is 0 Å². The minimum absolute atomic E-state index is 0.0605. The zero-order valence-corrected chi connectivity index (χ0v) is 14.2. The first kappa shape index (κ1) is 17.3. The summed E-state index contributed by atoms with van der Waals surface area (Å²) in [5.41, 5.74) is -0.212. The van der Waals surface area contributed by atoms with Crippen molar-refractivity contribution in [1.82, 2.24) is 14.8 Å². The molecule has 5 nitrogen and oxygen atoms in total. The van der Waals surface area contributed by atoms with Crippen LogP contribution in [0.25, 0.3) is 0 Å². The van der Waals surface area contributed by atoms with Gasteiger partial charge in [-0.1, -0.05) is 6.07 Å². The first-order valence-corrected chi connectivity index (χ1v) is 8.12. The van der Waals surface area contributed by atoms with Gasteiger partial charge in [-0.15, -0.1) is 11.3 Å². The van der Waals surface area contributed by atoms with Crippen molar-refractivity contribution in [2.45, 2.75) is 19.7 Å². The Bertz CT molecular complexity index is 860. The molecule has 0 atom stereocenters. The lowest BCUT2D eigenvalue weighted by molar-refractivity contribution is -0.141. The molecule has 3 rings (SSSR count). The number of rotatable bonds is 5. The summed E-state index contributed by atoms with van der Waals surface area (Å²) >= 11 is 1.56. The van der Waals surface area contributed by atoms with Gasteiger partial charge in [0, 0.05) is 30.1 Å². The number of pyridine rings is 1. The maximum Gasteiger partial charge on any atom is 0.435 e. The van der Waals surface area contributed by atoms with E-state index in [1.54, 1.807) is 23.5 Å². The van der Waals surface area contributed by atoms with E-state index in [0.29, 0.717) is 12.5 Å². The first-order chi connectivity index (χ1) is 11.8. The summed E-state index contributed by atoms with van der Waals surface area (Å²) in [4.78, 5) is 5.21. The third-order valence-electron chi connectivity index (χ3n) is 3.20. The summed E-state index contributed by atoms with van der Waals surface area (Å²) in [5, 5.41) is 5.34. The summed E-state index contributed by atoms with van der Waals surface area (Å²) in [6, 6.07) is 8.02. The highest BCUT2D eigenvalue weighted by molar-refractivity contribution is 7.09. The molecule has 0 saturated heterocycles. The molecule has 9 heteroatoms. The predicted octanol–water partition coefficient (Wildman–Crippen LogP) is 4.58. The van der Waals surface area contributed by atoms with Crippen molar-refractivity contribution in [3.63, 3.8) is 0 Å². The van der Waals surface area contributed by atoms with E-state index >= 15 is 0 Å². The molecule has 3 aromatic heterocycles. The van der Waals surface area contributed by atoms with Crippen LogP contribution < -0.4 is 9.47 Å². The van der Waals surface area contributed by atoms with Crippen molar-refractivity contribution in [2.24, 2.45) is 7.05 Å². The Hall–Kier alpha value is -2.55. The Morgan fingerprint density at radius 2 is 1.96 bits per heavy atom. The fraction of sp³-hybridized carbons (Fsp3) is 0.250. The van der Waals surface area contributed by atoms with Crippen molar-refractivity contribution in [3.8, 4) is 17.6 Å². The molecule has 0 saturated carbocycles. The Morgan fingerprint density at radius 3 is 2.60 bits per heavy atom. The molecule has 0 aliphatic carbocycles. The molecule has 0 fully saturated rings. The van der Waals surface area contributed by atoms with E-state index in [1.807, 2.05) is 24.4 Å². The van der Waals surface area contributed by atoms with E-state index in [-0.39, 0.29) is 11.8 Å². The SMILES string of the molecule is Cc1cc(OCc2cccs2)nc(Oc2cc(C(F)(F)F)nn2C)c1. The topological polar surface area (TPSA) is 49.2 Å². The molecule has 0 N–H and O–H groups in total. The third kappa shape index (κ3) is 4.30. The van der Waals surface area contributed by atoms with E-state index in [2.05, 4.69) is 10.1 Å². The second-order valence-corrected chi connectivity index (χ2v) is 6.31. The molecule has 25 heavy (non-hydrogen) atoms. The van der Waals surface area contributed by atoms with E-state index in [4.69, 9.17) is 9.47 Å². The molecule has 0 amide bonds. The molecule has 3 heterocycles. The maximum atomic E-state index is 12.7. The Balaban J connectivity index is 1.77. The van der Waals surface area contributed by atoms with Crippen LogP contribution in [-0.2, 0) is 19.8 Å². The van der Waals surface area contributed by atoms with Gasteiger partial charge in [-0.2, -0.15) is 23.3 Å². The highest BCUT2D eigenvalue weighted by Crippen LogP contribution is 2.32. The first-order valence-electron chi connectivity index (χ1n) is 7.24. The van der Waals surface area contributed by atoms with Gasteiger partial charge in [0.1, 0.15) is 6.61 Å². The van der Waals surface area contributed by atoms with Gasteiger partial charge in [-0.05, 0) is 23.9 Å². The lowest BCUT2D eigenvalue weighted by atomic mass is 10.3. The predicted molar refractivity (Wildman–Crippen MR) is 85.9 cm³/mol. The summed E-state index contributed by atoms with van der Waals surface area (Å²) in [5.74, 6) is 0.411. The number of aromatic nitrogens is 3. The number of alkyl halides is 3. The largest absolute Gasteiger partial charge is 0.472 e. The van der Waals surface area contributed by atoms with Crippen LogP contribution >= 0.6 is 11.3 Å². The number of nitrogens with zero attached hydrogens (tertiary/aromatic N) is 3. The van der Waals surface area contributed by atoms with Crippen LogP contribution in [0.5, 0.6) is 17.6 Å². The maximum absolute atomic E-state index is 12.7. The van der Waals surface area contributed by atoms with Crippen molar-refractivity contribution in [1.29, 1.82) is 0 Å². The van der Waals surface area contributed by atoms with Crippen LogP contribution in [0.1, 0.15) is 16.1 Å². The summed E-state index contributed by atoms with van der Waals surface area (Å²) < 4.78 is 50.2. The molecule has 0 aromatic carbocycles. The van der Waals surface area contributed by atoms with Gasteiger partial charge in [-0.25, -0.2) is 4.68 Å². The fourth-order valence-electron chi connectivity index (χ4n) is 2.06. The number of ether oxygens (including phenoxy) is 2. The van der Waals surface area contributed by atoms with E-state index in [9.17, 15) is 13.2 Å². The average molecular weight is 369 g/mol. The average Bonchev–Trinajstić information content (AvgIpc) is 3.15. The summed E-state index contributed by atoms with van der Waals surface area (Å²) in [6.07, 6.45) is -4.53. The van der Waals surface area contributed by atoms with Gasteiger partial charge < -0.3 is 9.47 Å². The zero-order valence-electron chi connectivity index (χ0n) is 13.4. The number of hydrogen-bond acceptors (Lipinski definition) is 5. The van der Waals surface area contributed by atoms with Gasteiger partial charge >= 0.3 is 6.18 Å². The quantitative estimate of drug-likeness (QED) is 0.661. The fourth-order valence-corrected chi connectivity index (χ4v) is 2.68. The van der Waals surface area contributed by atoms with E-state index < -0.39 is 11.9 Å². The Morgan fingerprint density at radius 1 is 1.20 bits per heavy atom. The van der Waals surface area contributed by atoms with Crippen molar-refractivity contribution < 1.29 is 22.6 Å². The molecule has 0 aliphatic rings. The van der Waals surface area contributed by atoms with Gasteiger partial charge in [0.15, 0.2) is 5.69 Å². The lowest BCUT2D eigenvalue weighted by Gasteiger charge is -2.09. The number of hydrogen-bond donors (Lipinski definition) is 0. The van der Waals surface area contributed by atoms with Gasteiger partial charge in [-0.3, -0.25) is 0 Å². The zero-order chi connectivity index (χ0) is 18.0. The highest BCUT2D eigenvalue weighted by Gasteiger charge is 2.35. The summed E-state index contributed by atoms with van der Waals surface area (Å²) in [6.45, 7) is 2.18. The second kappa shape index (κ2) is 6.75. The van der Waals surface area contributed by atoms with E-state index in [1.165, 1.54) is 7.05 Å². The van der Waals surface area contributed by atoms with Crippen LogP contribution in [0.15, 0.2) is 35.7 Å². The molecule has 0 radical (unpaired) electrons. The summed E-state index contributed by atoms with van der Waals surface area (Å²) in [7, 11) is 1.37. The van der Waals surface area contributed by atoms with Crippen molar-refractivity contribution >= 4 is 11.3 Å². The monoisotopic (exact) mass is 369 g/mol. The minimum Gasteiger partial charge on any atom is -0.472 e. The second-order valence-electron chi connectivity index (χ2n) is 5.28. The highest BCUT2D eigenvalue weighted by atomic mass is 32.1. The molecular weight excluding hydrogens is 355 g/mol. The third-order valence-corrected chi connectivity index (χ3v) is 4.05. The Kier molecular flexibility index (Phi) is 4.67. The molecule has 3 aromatic rings. The Labute approximate surface area is 145 Å².